The summed E-state index contributed by atoms with van der Waals surface area (Å²) in [6, 6.07) is 17.2. The van der Waals surface area contributed by atoms with Gasteiger partial charge in [0.1, 0.15) is 0 Å². The number of ether oxygens (including phenoxy) is 1. The van der Waals surface area contributed by atoms with Gasteiger partial charge in [-0.15, -0.1) is 0 Å². The zero-order valence-corrected chi connectivity index (χ0v) is 19.1. The van der Waals surface area contributed by atoms with Crippen LogP contribution in [0.1, 0.15) is 24.0 Å². The van der Waals surface area contributed by atoms with Gasteiger partial charge in [-0.1, -0.05) is 42.2 Å². The minimum absolute atomic E-state index is 0.0973. The van der Waals surface area contributed by atoms with E-state index in [1.165, 1.54) is 7.11 Å². The highest BCUT2D eigenvalue weighted by Gasteiger charge is 2.53. The highest BCUT2D eigenvalue weighted by Crippen LogP contribution is 2.51. The summed E-state index contributed by atoms with van der Waals surface area (Å²) in [5.41, 5.74) is 1.32. The number of benzene rings is 2. The largest absolute Gasteiger partial charge is 0.384 e. The van der Waals surface area contributed by atoms with E-state index in [0.29, 0.717) is 12.2 Å². The molecule has 1 aliphatic heterocycles. The Morgan fingerprint density at radius 1 is 1.12 bits per heavy atom. The van der Waals surface area contributed by atoms with Crippen molar-refractivity contribution in [2.24, 2.45) is 11.8 Å². The molecule has 1 saturated heterocycles. The molecule has 0 radical (unpaired) electrons. The molecule has 2 fully saturated rings. The third kappa shape index (κ3) is 5.00. The molecule has 1 saturated carbocycles. The molecule has 2 atom stereocenters. The Hall–Kier alpha value is -2.37. The number of nitrogens with one attached hydrogen (secondary N) is 1. The van der Waals surface area contributed by atoms with E-state index in [9.17, 15) is 13.5 Å². The first-order valence-corrected chi connectivity index (χ1v) is 12.6. The number of fused-ring (bicyclic) bond motifs is 2. The fourth-order valence-electron chi connectivity index (χ4n) is 4.97. The van der Waals surface area contributed by atoms with E-state index in [0.717, 1.165) is 37.1 Å². The van der Waals surface area contributed by atoms with Gasteiger partial charge in [0.15, 0.2) is 0 Å². The van der Waals surface area contributed by atoms with Crippen LogP contribution in [0.4, 0.5) is 5.69 Å². The van der Waals surface area contributed by atoms with Crippen molar-refractivity contribution in [2.75, 3.05) is 43.8 Å². The van der Waals surface area contributed by atoms with Crippen molar-refractivity contribution in [1.82, 2.24) is 4.90 Å². The average Bonchev–Trinajstić information content (AvgIpc) is 2.95. The molecule has 1 heterocycles. The van der Waals surface area contributed by atoms with Crippen LogP contribution in [-0.2, 0) is 20.4 Å². The molecule has 2 bridgehead atoms. The van der Waals surface area contributed by atoms with Crippen molar-refractivity contribution in [2.45, 2.75) is 18.4 Å². The molecule has 0 aromatic heterocycles. The summed E-state index contributed by atoms with van der Waals surface area (Å²) in [5, 5.41) is 11.8. The van der Waals surface area contributed by atoms with E-state index < -0.39 is 15.6 Å². The average molecular weight is 455 g/mol. The summed E-state index contributed by atoms with van der Waals surface area (Å²) in [5.74, 6) is 6.56. The third-order valence-electron chi connectivity index (χ3n) is 6.53. The second-order valence-electron chi connectivity index (χ2n) is 8.65. The van der Waals surface area contributed by atoms with Crippen LogP contribution < -0.4 is 4.72 Å². The quantitative estimate of drug-likeness (QED) is 0.629. The maximum Gasteiger partial charge on any atom is 0.234 e. The Labute approximate surface area is 190 Å². The lowest BCUT2D eigenvalue weighted by atomic mass is 9.75. The maximum atomic E-state index is 12.2. The van der Waals surface area contributed by atoms with Gasteiger partial charge in [0.05, 0.1) is 24.5 Å². The van der Waals surface area contributed by atoms with Crippen molar-refractivity contribution in [3.05, 3.63) is 65.7 Å². The van der Waals surface area contributed by atoms with Crippen LogP contribution in [-0.4, -0.2) is 57.5 Å². The zero-order chi connectivity index (χ0) is 22.6. The van der Waals surface area contributed by atoms with E-state index in [4.69, 9.17) is 4.74 Å². The molecule has 2 N–H and O–H groups in total. The van der Waals surface area contributed by atoms with Gasteiger partial charge in [-0.05, 0) is 42.7 Å². The SMILES string of the molecule is COCCS(=O)(=O)Nc1cccc(C2(O)C3CCC2CN(CC#Cc2ccccc2)C3)c1. The number of piperidine rings is 1. The smallest absolute Gasteiger partial charge is 0.234 e. The highest BCUT2D eigenvalue weighted by atomic mass is 32.2. The van der Waals surface area contributed by atoms with E-state index in [1.54, 1.807) is 18.2 Å². The van der Waals surface area contributed by atoms with Crippen molar-refractivity contribution in [3.63, 3.8) is 0 Å². The van der Waals surface area contributed by atoms with Gasteiger partial charge in [0, 0.05) is 43.3 Å². The van der Waals surface area contributed by atoms with Crippen molar-refractivity contribution >= 4 is 15.7 Å². The molecule has 2 unspecified atom stereocenters. The number of anilines is 1. The normalized spacial score (nSPS) is 25.2. The number of likely N-dealkylation sites (tertiary alicyclic amines) is 1. The molecule has 2 aliphatic rings. The van der Waals surface area contributed by atoms with Crippen LogP contribution in [0.25, 0.3) is 0 Å². The van der Waals surface area contributed by atoms with Crippen LogP contribution in [0.15, 0.2) is 54.6 Å². The summed E-state index contributed by atoms with van der Waals surface area (Å²) < 4.78 is 32.0. The minimum atomic E-state index is -3.50. The Morgan fingerprint density at radius 2 is 1.84 bits per heavy atom. The van der Waals surface area contributed by atoms with Crippen molar-refractivity contribution in [3.8, 4) is 11.8 Å². The summed E-state index contributed by atoms with van der Waals surface area (Å²) >= 11 is 0. The van der Waals surface area contributed by atoms with Crippen LogP contribution in [0, 0.1) is 23.7 Å². The van der Waals surface area contributed by atoms with Gasteiger partial charge < -0.3 is 9.84 Å². The fourth-order valence-corrected chi connectivity index (χ4v) is 5.94. The molecule has 32 heavy (non-hydrogen) atoms. The third-order valence-corrected chi connectivity index (χ3v) is 7.78. The van der Waals surface area contributed by atoms with E-state index in [-0.39, 0.29) is 24.2 Å². The molecule has 170 valence electrons. The lowest BCUT2D eigenvalue weighted by Crippen LogP contribution is -2.51. The molecule has 2 aromatic rings. The predicted molar refractivity (Wildman–Crippen MR) is 126 cm³/mol. The number of sulfonamides is 1. The van der Waals surface area contributed by atoms with Crippen LogP contribution in [0.2, 0.25) is 0 Å². The van der Waals surface area contributed by atoms with E-state index in [1.807, 2.05) is 36.4 Å². The topological polar surface area (TPSA) is 78.9 Å². The summed E-state index contributed by atoms with van der Waals surface area (Å²) in [6.45, 7) is 2.37. The molecule has 0 spiro atoms. The minimum Gasteiger partial charge on any atom is -0.384 e. The van der Waals surface area contributed by atoms with Gasteiger partial charge in [0.2, 0.25) is 10.0 Å². The lowest BCUT2D eigenvalue weighted by molar-refractivity contribution is -0.0871. The maximum absolute atomic E-state index is 12.2. The first-order valence-electron chi connectivity index (χ1n) is 11.0. The second-order valence-corrected chi connectivity index (χ2v) is 10.5. The van der Waals surface area contributed by atoms with E-state index >= 15 is 0 Å². The van der Waals surface area contributed by atoms with Gasteiger partial charge in [-0.25, -0.2) is 8.42 Å². The molecule has 1 aliphatic carbocycles. The molecular weight excluding hydrogens is 424 g/mol. The number of methoxy groups -OCH3 is 1. The molecule has 6 nitrogen and oxygen atoms in total. The Kier molecular flexibility index (Phi) is 6.87. The number of hydrogen-bond acceptors (Lipinski definition) is 5. The first kappa shape index (κ1) is 22.8. The van der Waals surface area contributed by atoms with Gasteiger partial charge in [0.25, 0.3) is 0 Å². The van der Waals surface area contributed by atoms with Crippen LogP contribution >= 0.6 is 0 Å². The fraction of sp³-hybridized carbons (Fsp3) is 0.440. The zero-order valence-electron chi connectivity index (χ0n) is 18.3. The summed E-state index contributed by atoms with van der Waals surface area (Å²) in [4.78, 5) is 2.32. The standard InChI is InChI=1S/C25H30N2O4S/c1-31-15-16-32(29,30)26-24-11-5-10-21(17-24)25(28)22-12-13-23(25)19-27(18-22)14-6-9-20-7-3-2-4-8-20/h2-5,7-8,10-11,17,22-23,26,28H,12-16,18-19H2,1H3. The van der Waals surface area contributed by atoms with Crippen molar-refractivity contribution < 1.29 is 18.3 Å². The van der Waals surface area contributed by atoms with Crippen LogP contribution in [0.5, 0.6) is 0 Å². The number of aliphatic hydroxyl groups is 1. The molecular formula is C25H30N2O4S. The second kappa shape index (κ2) is 9.63. The number of rotatable bonds is 7. The monoisotopic (exact) mass is 454 g/mol. The van der Waals surface area contributed by atoms with Crippen LogP contribution in [0.3, 0.4) is 0 Å². The predicted octanol–water partition coefficient (Wildman–Crippen LogP) is 2.66. The molecule has 4 rings (SSSR count). The number of hydrogen-bond donors (Lipinski definition) is 2. The molecule has 2 aromatic carbocycles. The summed E-state index contributed by atoms with van der Waals surface area (Å²) in [7, 11) is -2.02. The Bertz CT molecular complexity index is 1080. The number of nitrogens with zero attached hydrogens (tertiary/aromatic N) is 1. The van der Waals surface area contributed by atoms with E-state index in [2.05, 4.69) is 21.5 Å². The first-order chi connectivity index (χ1) is 15.4. The van der Waals surface area contributed by atoms with Gasteiger partial charge in [-0.2, -0.15) is 0 Å². The van der Waals surface area contributed by atoms with Gasteiger partial charge in [-0.3, -0.25) is 9.62 Å². The molecule has 7 heteroatoms. The Morgan fingerprint density at radius 3 is 2.53 bits per heavy atom. The molecule has 0 amide bonds. The van der Waals surface area contributed by atoms with Gasteiger partial charge >= 0.3 is 0 Å². The van der Waals surface area contributed by atoms with Crippen molar-refractivity contribution in [1.29, 1.82) is 0 Å². The Balaban J connectivity index is 1.46. The highest BCUT2D eigenvalue weighted by molar-refractivity contribution is 7.92. The summed E-state index contributed by atoms with van der Waals surface area (Å²) in [6.07, 6.45) is 1.90. The lowest BCUT2D eigenvalue weighted by Gasteiger charge is -2.44.